The summed E-state index contributed by atoms with van der Waals surface area (Å²) >= 11 is 0. The molecule has 0 saturated carbocycles. The number of nitrogens with zero attached hydrogens (tertiary/aromatic N) is 1. The Morgan fingerprint density at radius 2 is 1.41 bits per heavy atom. The number of aromatic amines is 1. The highest BCUT2D eigenvalue weighted by atomic mass is 31.3. The number of aromatic nitrogens is 2. The second kappa shape index (κ2) is 12.0. The Kier molecular flexibility index (Phi) is 9.79. The zero-order chi connectivity index (χ0) is 29.2. The lowest BCUT2D eigenvalue weighted by Crippen LogP contribution is -2.33. The fraction of sp³-hybridized carbons (Fsp3) is 0.412. The molecular formula is C17H24N2O16P4. The van der Waals surface area contributed by atoms with Crippen LogP contribution in [0.5, 0.6) is 5.75 Å². The van der Waals surface area contributed by atoms with Gasteiger partial charge in [-0.1, -0.05) is 32.0 Å². The number of phosphoric acid groups is 4. The van der Waals surface area contributed by atoms with Crippen LogP contribution in [0, 0.1) is 11.8 Å². The zero-order valence-electron chi connectivity index (χ0n) is 20.0. The van der Waals surface area contributed by atoms with E-state index in [2.05, 4.69) is 27.0 Å². The molecule has 1 aromatic carbocycles. The number of rotatable bonds is 12. The Balaban J connectivity index is 1.59. The molecule has 0 spiro atoms. The van der Waals surface area contributed by atoms with Crippen LogP contribution in [-0.2, 0) is 40.5 Å². The van der Waals surface area contributed by atoms with Crippen molar-refractivity contribution in [3.8, 4) is 5.75 Å². The first kappa shape index (κ1) is 31.8. The first-order valence-electron chi connectivity index (χ1n) is 10.7. The Morgan fingerprint density at radius 3 is 2.00 bits per heavy atom. The highest BCUT2D eigenvalue weighted by Crippen LogP contribution is 2.71. The van der Waals surface area contributed by atoms with Crippen LogP contribution in [0.3, 0.4) is 0 Å². The Bertz CT molecular complexity index is 1480. The number of nitrogens with one attached hydrogen (secondary N) is 1. The molecular weight excluding hydrogens is 612 g/mol. The summed E-state index contributed by atoms with van der Waals surface area (Å²) in [5.41, 5.74) is -1.40. The maximum absolute atomic E-state index is 12.2. The van der Waals surface area contributed by atoms with Crippen molar-refractivity contribution in [2.45, 2.75) is 26.2 Å². The molecule has 18 nitrogen and oxygen atoms in total. The summed E-state index contributed by atoms with van der Waals surface area (Å²) in [7, 11) is -22.8. The third-order valence-corrected chi connectivity index (χ3v) is 11.2. The van der Waals surface area contributed by atoms with Gasteiger partial charge in [-0.05, 0) is 18.1 Å². The molecule has 8 atom stereocenters. The Hall–Kier alpha value is -1.74. The van der Waals surface area contributed by atoms with Gasteiger partial charge in [0.05, 0.1) is 12.7 Å². The van der Waals surface area contributed by atoms with E-state index in [1.165, 1.54) is 36.5 Å². The summed E-state index contributed by atoms with van der Waals surface area (Å²) in [4.78, 5) is 64.2. The summed E-state index contributed by atoms with van der Waals surface area (Å²) in [6, 6.07) is 7.77. The first-order valence-corrected chi connectivity index (χ1v) is 16.7. The fourth-order valence-corrected chi connectivity index (χ4v) is 8.36. The third-order valence-electron chi connectivity index (χ3n) is 5.29. The van der Waals surface area contributed by atoms with Gasteiger partial charge in [0, 0.05) is 18.2 Å². The van der Waals surface area contributed by atoms with Crippen LogP contribution in [0.4, 0.5) is 0 Å². The molecule has 39 heavy (non-hydrogen) atoms. The van der Waals surface area contributed by atoms with Crippen LogP contribution in [0.15, 0.2) is 52.2 Å². The molecule has 0 aliphatic carbocycles. The van der Waals surface area contributed by atoms with E-state index in [-0.39, 0.29) is 11.7 Å². The van der Waals surface area contributed by atoms with Crippen LogP contribution in [0.2, 0.25) is 0 Å². The van der Waals surface area contributed by atoms with E-state index in [1.54, 1.807) is 13.8 Å². The summed E-state index contributed by atoms with van der Waals surface area (Å²) in [6.45, 7) is 2.62. The molecule has 2 heterocycles. The van der Waals surface area contributed by atoms with Crippen molar-refractivity contribution in [1.82, 2.24) is 9.55 Å². The van der Waals surface area contributed by atoms with Gasteiger partial charge in [0.2, 0.25) is 0 Å². The van der Waals surface area contributed by atoms with Crippen molar-refractivity contribution in [2.24, 2.45) is 11.8 Å². The van der Waals surface area contributed by atoms with E-state index in [0.29, 0.717) is 0 Å². The average molecular weight is 636 g/mol. The van der Waals surface area contributed by atoms with Gasteiger partial charge in [-0.15, -0.1) is 0 Å². The number of hydrogen-bond acceptors (Lipinski definition) is 12. The predicted octanol–water partition coefficient (Wildman–Crippen LogP) is 2.25. The molecule has 1 fully saturated rings. The maximum atomic E-state index is 12.2. The minimum atomic E-state index is -5.95. The molecule has 0 bridgehead atoms. The van der Waals surface area contributed by atoms with Crippen LogP contribution in [0.1, 0.15) is 20.1 Å². The van der Waals surface area contributed by atoms with Crippen molar-refractivity contribution in [1.29, 1.82) is 0 Å². The number of ether oxygens (including phenoxy) is 1. The van der Waals surface area contributed by atoms with Crippen molar-refractivity contribution in [3.05, 3.63) is 63.4 Å². The molecule has 0 radical (unpaired) electrons. The molecule has 1 aliphatic heterocycles. The molecule has 3 rings (SSSR count). The molecule has 22 heteroatoms. The van der Waals surface area contributed by atoms with Gasteiger partial charge in [-0.25, -0.2) is 23.1 Å². The predicted molar refractivity (Wildman–Crippen MR) is 129 cm³/mol. The van der Waals surface area contributed by atoms with Gasteiger partial charge in [0.15, 0.2) is 0 Å². The second-order valence-electron chi connectivity index (χ2n) is 8.12. The summed E-state index contributed by atoms with van der Waals surface area (Å²) < 4.78 is 75.9. The summed E-state index contributed by atoms with van der Waals surface area (Å²) in [5.74, 6) is -1.07. The highest BCUT2D eigenvalue weighted by molar-refractivity contribution is 7.69. The SMILES string of the molecule is C[C@@H]1[C@H](C)[C@@H](COP(=O)(O)OP(=O)(O)OP(=O)(O)OP(=O)(O)Oc2ccccc2)O[C@H]1n1ccc(=O)[nH]c1=O. The van der Waals surface area contributed by atoms with Crippen molar-refractivity contribution in [3.63, 3.8) is 0 Å². The second-order valence-corrected chi connectivity index (χ2v) is 14.3. The molecule has 218 valence electrons. The molecule has 1 aromatic heterocycles. The minimum Gasteiger partial charge on any atom is -0.404 e. The number of H-pyrrole nitrogens is 1. The van der Waals surface area contributed by atoms with E-state index in [4.69, 9.17) is 4.74 Å². The standard InChI is InChI=1S/C17H24N2O16P4/c1-11-12(2)16(19-9-8-15(20)18-17(19)21)31-14(11)10-30-36(22,23)33-38(26,27)35-39(28,29)34-37(24,25)32-13-6-4-3-5-7-13/h3-9,11-12,14,16H,10H2,1-2H3,(H,22,23)(H,24,25)(H,26,27)(H,28,29)(H,18,20,21)/t11-,12+,14+,16+/m0/s1. The van der Waals surface area contributed by atoms with Gasteiger partial charge < -0.3 is 23.9 Å². The van der Waals surface area contributed by atoms with Crippen LogP contribution >= 0.6 is 31.3 Å². The average Bonchev–Trinajstić information content (AvgIpc) is 3.04. The van der Waals surface area contributed by atoms with Crippen LogP contribution < -0.4 is 15.8 Å². The lowest BCUT2D eigenvalue weighted by atomic mass is 9.93. The van der Waals surface area contributed by atoms with Gasteiger partial charge in [-0.2, -0.15) is 12.9 Å². The zero-order valence-corrected chi connectivity index (χ0v) is 23.6. The molecule has 5 N–H and O–H groups in total. The number of para-hydroxylation sites is 1. The lowest BCUT2D eigenvalue weighted by Gasteiger charge is -2.21. The quantitative estimate of drug-likeness (QED) is 0.209. The van der Waals surface area contributed by atoms with Crippen molar-refractivity contribution < 1.29 is 64.6 Å². The van der Waals surface area contributed by atoms with Gasteiger partial charge in [-0.3, -0.25) is 23.8 Å². The minimum absolute atomic E-state index is 0.273. The molecule has 2 aromatic rings. The van der Waals surface area contributed by atoms with E-state index >= 15 is 0 Å². The Labute approximate surface area is 219 Å². The number of benzene rings is 1. The molecule has 1 aliphatic rings. The number of hydrogen-bond donors (Lipinski definition) is 5. The van der Waals surface area contributed by atoms with Crippen LogP contribution in [-0.4, -0.2) is 41.8 Å². The summed E-state index contributed by atoms with van der Waals surface area (Å²) in [6.07, 6.45) is -0.674. The first-order chi connectivity index (χ1) is 17.9. The van der Waals surface area contributed by atoms with E-state index in [9.17, 15) is 47.4 Å². The van der Waals surface area contributed by atoms with E-state index in [0.717, 1.165) is 10.6 Å². The number of phosphoric ester groups is 2. The van der Waals surface area contributed by atoms with Crippen LogP contribution in [0.25, 0.3) is 0 Å². The fourth-order valence-electron chi connectivity index (χ4n) is 3.41. The lowest BCUT2D eigenvalue weighted by molar-refractivity contribution is -0.0370. The van der Waals surface area contributed by atoms with Gasteiger partial charge in [0.1, 0.15) is 12.0 Å². The van der Waals surface area contributed by atoms with Crippen molar-refractivity contribution >= 4 is 31.3 Å². The van der Waals surface area contributed by atoms with E-state index in [1.807, 2.05) is 0 Å². The third kappa shape index (κ3) is 9.13. The molecule has 4 unspecified atom stereocenters. The maximum Gasteiger partial charge on any atom is 0.536 e. The Morgan fingerprint density at radius 1 is 0.846 bits per heavy atom. The van der Waals surface area contributed by atoms with Gasteiger partial charge >= 0.3 is 37.0 Å². The van der Waals surface area contributed by atoms with Gasteiger partial charge in [0.25, 0.3) is 5.56 Å². The topological polar surface area (TPSA) is 259 Å². The van der Waals surface area contributed by atoms with E-state index < -0.39 is 67.4 Å². The molecule has 0 amide bonds. The largest absolute Gasteiger partial charge is 0.536 e. The smallest absolute Gasteiger partial charge is 0.404 e. The summed E-state index contributed by atoms with van der Waals surface area (Å²) in [5, 5.41) is 0. The van der Waals surface area contributed by atoms with Crippen molar-refractivity contribution in [2.75, 3.05) is 6.61 Å². The molecule has 1 saturated heterocycles. The normalized spacial score (nSPS) is 27.5. The highest BCUT2D eigenvalue weighted by Gasteiger charge is 2.47. The monoisotopic (exact) mass is 636 g/mol.